The molecular formula is C23H27NO3. The van der Waals surface area contributed by atoms with Crippen LogP contribution < -0.4 is 0 Å². The summed E-state index contributed by atoms with van der Waals surface area (Å²) in [5, 5.41) is 10.7. The van der Waals surface area contributed by atoms with Crippen molar-refractivity contribution in [3.05, 3.63) is 59.7 Å². The maximum absolute atomic E-state index is 12.6. The predicted octanol–water partition coefficient (Wildman–Crippen LogP) is 4.42. The summed E-state index contributed by atoms with van der Waals surface area (Å²) in [5.41, 5.74) is 4.09. The lowest BCUT2D eigenvalue weighted by Gasteiger charge is -2.25. The van der Waals surface area contributed by atoms with Gasteiger partial charge in [-0.15, -0.1) is 0 Å². The molecule has 1 aliphatic heterocycles. The number of carbonyl (C=O) groups is 1. The van der Waals surface area contributed by atoms with E-state index in [2.05, 4.69) is 38.1 Å². The number of β-amino-alcohol motifs (C(OH)–C–C–N with tert-alkyl or cyclic N) is 1. The van der Waals surface area contributed by atoms with Gasteiger partial charge in [-0.05, 0) is 41.0 Å². The Labute approximate surface area is 160 Å². The van der Waals surface area contributed by atoms with Crippen molar-refractivity contribution in [2.75, 3.05) is 19.7 Å². The van der Waals surface area contributed by atoms with E-state index < -0.39 is 5.60 Å². The number of nitrogens with zero attached hydrogens (tertiary/aromatic N) is 1. The minimum Gasteiger partial charge on any atom is -0.448 e. The van der Waals surface area contributed by atoms with Crippen molar-refractivity contribution in [2.45, 2.75) is 38.2 Å². The Morgan fingerprint density at radius 2 is 1.74 bits per heavy atom. The maximum atomic E-state index is 12.6. The second-order valence-electron chi connectivity index (χ2n) is 8.30. The van der Waals surface area contributed by atoms with Crippen LogP contribution >= 0.6 is 0 Å². The Balaban J connectivity index is 1.44. The van der Waals surface area contributed by atoms with Crippen molar-refractivity contribution in [2.24, 2.45) is 5.92 Å². The number of rotatable bonds is 4. The van der Waals surface area contributed by atoms with E-state index in [0.717, 1.165) is 0 Å². The minimum atomic E-state index is -0.778. The lowest BCUT2D eigenvalue weighted by Crippen LogP contribution is -2.37. The lowest BCUT2D eigenvalue weighted by atomic mass is 9.92. The third-order valence-corrected chi connectivity index (χ3v) is 5.71. The Kier molecular flexibility index (Phi) is 4.68. The summed E-state index contributed by atoms with van der Waals surface area (Å²) in [7, 11) is 0. The lowest BCUT2D eigenvalue weighted by molar-refractivity contribution is 0.0262. The molecule has 0 spiro atoms. The van der Waals surface area contributed by atoms with Gasteiger partial charge in [0.2, 0.25) is 0 Å². The topological polar surface area (TPSA) is 49.8 Å². The van der Waals surface area contributed by atoms with Gasteiger partial charge in [-0.25, -0.2) is 4.79 Å². The summed E-state index contributed by atoms with van der Waals surface area (Å²) in [6.07, 6.45) is 1.01. The van der Waals surface area contributed by atoms with Crippen LogP contribution in [0.3, 0.4) is 0 Å². The van der Waals surface area contributed by atoms with Crippen LogP contribution in [0.5, 0.6) is 0 Å². The fraction of sp³-hybridized carbons (Fsp3) is 0.435. The molecule has 2 aromatic rings. The summed E-state index contributed by atoms with van der Waals surface area (Å²) >= 11 is 0. The second-order valence-corrected chi connectivity index (χ2v) is 8.30. The van der Waals surface area contributed by atoms with Crippen molar-refractivity contribution < 1.29 is 14.6 Å². The van der Waals surface area contributed by atoms with Crippen LogP contribution in [-0.2, 0) is 4.74 Å². The Hall–Kier alpha value is -2.33. The van der Waals surface area contributed by atoms with E-state index in [1.165, 1.54) is 22.3 Å². The molecule has 0 aromatic heterocycles. The van der Waals surface area contributed by atoms with Crippen molar-refractivity contribution in [1.82, 2.24) is 4.90 Å². The Morgan fingerprint density at radius 1 is 1.15 bits per heavy atom. The number of hydrogen-bond acceptors (Lipinski definition) is 3. The molecular weight excluding hydrogens is 338 g/mol. The van der Waals surface area contributed by atoms with Crippen LogP contribution in [0.15, 0.2) is 48.5 Å². The molecule has 4 rings (SSSR count). The number of amides is 1. The van der Waals surface area contributed by atoms with Crippen molar-refractivity contribution in [3.8, 4) is 11.1 Å². The van der Waals surface area contributed by atoms with Gasteiger partial charge in [0, 0.05) is 12.5 Å². The fourth-order valence-electron chi connectivity index (χ4n) is 4.62. The highest BCUT2D eigenvalue weighted by Gasteiger charge is 2.39. The number of likely N-dealkylation sites (tertiary alicyclic amines) is 1. The quantitative estimate of drug-likeness (QED) is 0.873. The molecule has 142 valence electrons. The molecule has 27 heavy (non-hydrogen) atoms. The molecule has 0 bridgehead atoms. The van der Waals surface area contributed by atoms with Gasteiger partial charge < -0.3 is 14.7 Å². The SMILES string of the molecule is CC(C)CC1(O)CCN(C(=O)OCC2c3ccccc3-c3ccccc32)C1. The Bertz CT molecular complexity index is 802. The summed E-state index contributed by atoms with van der Waals surface area (Å²) < 4.78 is 5.70. The number of aliphatic hydroxyl groups is 1. The van der Waals surface area contributed by atoms with Crippen LogP contribution in [-0.4, -0.2) is 41.4 Å². The van der Waals surface area contributed by atoms with Crippen molar-refractivity contribution in [1.29, 1.82) is 0 Å². The first kappa shape index (κ1) is 18.1. The molecule has 0 saturated carbocycles. The molecule has 1 saturated heterocycles. The number of ether oxygens (including phenoxy) is 1. The number of hydrogen-bond donors (Lipinski definition) is 1. The van der Waals surface area contributed by atoms with E-state index in [-0.39, 0.29) is 12.0 Å². The van der Waals surface area contributed by atoms with Gasteiger partial charge in [0.15, 0.2) is 0 Å². The molecule has 4 nitrogen and oxygen atoms in total. The normalized spacial score (nSPS) is 21.4. The van der Waals surface area contributed by atoms with Gasteiger partial charge in [0.25, 0.3) is 0 Å². The molecule has 1 heterocycles. The van der Waals surface area contributed by atoms with Gasteiger partial charge in [0.05, 0.1) is 12.1 Å². The molecule has 4 heteroatoms. The maximum Gasteiger partial charge on any atom is 0.409 e. The van der Waals surface area contributed by atoms with Crippen LogP contribution in [0.25, 0.3) is 11.1 Å². The molecule has 1 amide bonds. The van der Waals surface area contributed by atoms with Crippen LogP contribution in [0.4, 0.5) is 4.79 Å². The fourth-order valence-corrected chi connectivity index (χ4v) is 4.62. The molecule has 1 fully saturated rings. The van der Waals surface area contributed by atoms with Crippen molar-refractivity contribution in [3.63, 3.8) is 0 Å². The van der Waals surface area contributed by atoms with Gasteiger partial charge in [-0.1, -0.05) is 62.4 Å². The summed E-state index contributed by atoms with van der Waals surface area (Å²) in [4.78, 5) is 14.2. The highest BCUT2D eigenvalue weighted by Crippen LogP contribution is 2.44. The number of fused-ring (bicyclic) bond motifs is 3. The molecule has 2 aromatic carbocycles. The molecule has 0 radical (unpaired) electrons. The van der Waals surface area contributed by atoms with Crippen LogP contribution in [0.1, 0.15) is 43.7 Å². The van der Waals surface area contributed by atoms with Crippen LogP contribution in [0.2, 0.25) is 0 Å². The van der Waals surface area contributed by atoms with E-state index in [4.69, 9.17) is 4.74 Å². The smallest absolute Gasteiger partial charge is 0.409 e. The largest absolute Gasteiger partial charge is 0.448 e. The monoisotopic (exact) mass is 365 g/mol. The number of carbonyl (C=O) groups excluding carboxylic acids is 1. The van der Waals surface area contributed by atoms with Gasteiger partial charge in [-0.2, -0.15) is 0 Å². The molecule has 1 atom stereocenters. The molecule has 1 unspecified atom stereocenters. The predicted molar refractivity (Wildman–Crippen MR) is 106 cm³/mol. The van der Waals surface area contributed by atoms with Crippen molar-refractivity contribution >= 4 is 6.09 Å². The standard InChI is InChI=1S/C23H27NO3/c1-16(2)13-23(26)11-12-24(15-23)22(25)27-14-21-19-9-5-3-7-17(19)18-8-4-6-10-20(18)21/h3-10,16,21,26H,11-15H2,1-2H3. The highest BCUT2D eigenvalue weighted by molar-refractivity contribution is 5.79. The average molecular weight is 365 g/mol. The summed E-state index contributed by atoms with van der Waals surface area (Å²) in [6.45, 7) is 5.43. The van der Waals surface area contributed by atoms with Gasteiger partial charge in [0.1, 0.15) is 6.61 Å². The number of benzene rings is 2. The third kappa shape index (κ3) is 3.46. The summed E-state index contributed by atoms with van der Waals surface area (Å²) in [5.74, 6) is 0.468. The van der Waals surface area contributed by atoms with E-state index in [1.807, 2.05) is 24.3 Å². The first-order valence-electron chi connectivity index (χ1n) is 9.79. The highest BCUT2D eigenvalue weighted by atomic mass is 16.6. The Morgan fingerprint density at radius 3 is 2.33 bits per heavy atom. The van der Waals surface area contributed by atoms with E-state index >= 15 is 0 Å². The minimum absolute atomic E-state index is 0.0681. The van der Waals surface area contributed by atoms with E-state index in [0.29, 0.717) is 38.5 Å². The molecule has 2 aliphatic rings. The first-order valence-corrected chi connectivity index (χ1v) is 9.79. The van der Waals surface area contributed by atoms with Gasteiger partial charge in [-0.3, -0.25) is 0 Å². The van der Waals surface area contributed by atoms with Gasteiger partial charge >= 0.3 is 6.09 Å². The zero-order valence-corrected chi connectivity index (χ0v) is 16.0. The average Bonchev–Trinajstić information content (AvgIpc) is 3.18. The van der Waals surface area contributed by atoms with E-state index in [9.17, 15) is 9.90 Å². The summed E-state index contributed by atoms with van der Waals surface area (Å²) in [6, 6.07) is 16.6. The molecule has 1 aliphatic carbocycles. The second kappa shape index (κ2) is 7.01. The van der Waals surface area contributed by atoms with Crippen LogP contribution in [0, 0.1) is 5.92 Å². The zero-order valence-electron chi connectivity index (χ0n) is 16.0. The van der Waals surface area contributed by atoms with E-state index in [1.54, 1.807) is 4.90 Å². The molecule has 1 N–H and O–H groups in total. The third-order valence-electron chi connectivity index (χ3n) is 5.71. The zero-order chi connectivity index (χ0) is 19.0. The first-order chi connectivity index (χ1) is 13.0.